The van der Waals surface area contributed by atoms with E-state index in [9.17, 15) is 8.42 Å². The first-order valence-electron chi connectivity index (χ1n) is 10.2. The van der Waals surface area contributed by atoms with Gasteiger partial charge in [0.05, 0.1) is 4.90 Å². The zero-order valence-electron chi connectivity index (χ0n) is 16.8. The lowest BCUT2D eigenvalue weighted by atomic mass is 9.90. The Kier molecular flexibility index (Phi) is 6.78. The van der Waals surface area contributed by atoms with E-state index >= 15 is 0 Å². The first-order valence-corrected chi connectivity index (χ1v) is 11.7. The van der Waals surface area contributed by atoms with Crippen LogP contribution in [-0.2, 0) is 23.0 Å². The molecule has 2 aromatic carbocycles. The Bertz CT molecular complexity index is 915. The number of rotatable bonds is 3. The summed E-state index contributed by atoms with van der Waals surface area (Å²) in [4.78, 5) is -0.126. The van der Waals surface area contributed by atoms with Gasteiger partial charge in [-0.3, -0.25) is 4.55 Å². The van der Waals surface area contributed by atoms with E-state index in [0.717, 1.165) is 25.0 Å². The highest BCUT2D eigenvalue weighted by Gasteiger charge is 2.17. The lowest BCUT2D eigenvalue weighted by Crippen LogP contribution is -2.04. The second-order valence-electron chi connectivity index (χ2n) is 7.80. The van der Waals surface area contributed by atoms with Crippen molar-refractivity contribution >= 4 is 10.1 Å². The molecular formula is C23H30O4S. The molecule has 1 aliphatic rings. The molecule has 0 spiro atoms. The van der Waals surface area contributed by atoms with Gasteiger partial charge in [-0.1, -0.05) is 32.1 Å². The Hall–Kier alpha value is -1.85. The lowest BCUT2D eigenvalue weighted by molar-refractivity contribution is 0.470. The summed E-state index contributed by atoms with van der Waals surface area (Å²) in [5, 5.41) is 0. The summed E-state index contributed by atoms with van der Waals surface area (Å²) >= 11 is 0. The van der Waals surface area contributed by atoms with Gasteiger partial charge in [-0.15, -0.1) is 0 Å². The molecule has 0 aliphatic heterocycles. The predicted molar refractivity (Wildman–Crippen MR) is 112 cm³/mol. The zero-order chi connectivity index (χ0) is 20.1. The average molecular weight is 403 g/mol. The molecule has 0 unspecified atom stereocenters. The molecule has 5 heteroatoms. The molecule has 3 rings (SSSR count). The molecule has 0 aromatic heterocycles. The third kappa shape index (κ3) is 5.15. The van der Waals surface area contributed by atoms with E-state index in [1.165, 1.54) is 72.9 Å². The van der Waals surface area contributed by atoms with Crippen molar-refractivity contribution in [2.24, 2.45) is 0 Å². The first kappa shape index (κ1) is 20.9. The Morgan fingerprint density at radius 3 is 1.93 bits per heavy atom. The maximum absolute atomic E-state index is 11.3. The van der Waals surface area contributed by atoms with Crippen LogP contribution in [0.3, 0.4) is 0 Å². The molecule has 0 amide bonds. The molecule has 2 aromatic rings. The topological polar surface area (TPSA) is 63.6 Å². The summed E-state index contributed by atoms with van der Waals surface area (Å²) < 4.78 is 37.9. The molecule has 0 saturated heterocycles. The van der Waals surface area contributed by atoms with E-state index in [4.69, 9.17) is 9.29 Å². The molecule has 1 aliphatic carbocycles. The van der Waals surface area contributed by atoms with E-state index in [1.807, 2.05) is 0 Å². The van der Waals surface area contributed by atoms with Gasteiger partial charge >= 0.3 is 0 Å². The fourth-order valence-electron chi connectivity index (χ4n) is 4.00. The second-order valence-corrected chi connectivity index (χ2v) is 9.22. The minimum Gasteiger partial charge on any atom is -0.457 e. The number of fused-ring (bicyclic) bond motifs is 1. The second kappa shape index (κ2) is 9.10. The monoisotopic (exact) mass is 402 g/mol. The highest BCUT2D eigenvalue weighted by molar-refractivity contribution is 7.85. The molecule has 0 heterocycles. The highest BCUT2D eigenvalue weighted by Crippen LogP contribution is 2.35. The van der Waals surface area contributed by atoms with E-state index < -0.39 is 10.1 Å². The van der Waals surface area contributed by atoms with Crippen LogP contribution in [-0.4, -0.2) is 13.0 Å². The zero-order valence-corrected chi connectivity index (χ0v) is 17.6. The standard InChI is InChI=1S/C23H30O4S/c1-17-16-23(27-19-12-14-20(15-13-19)28(24,25)26)22-11-9-7-5-3-4-6-8-10-21(22)18(17)2/h12-16H,3-11H2,1-2H3,(H,24,25,26). The Morgan fingerprint density at radius 1 is 0.821 bits per heavy atom. The Balaban J connectivity index is 1.94. The largest absolute Gasteiger partial charge is 0.457 e. The number of hydrogen-bond acceptors (Lipinski definition) is 3. The van der Waals surface area contributed by atoms with Gasteiger partial charge in [0.15, 0.2) is 0 Å². The Labute approximate surface area is 168 Å². The summed E-state index contributed by atoms with van der Waals surface area (Å²) in [6.07, 6.45) is 10.9. The number of benzene rings is 2. The lowest BCUT2D eigenvalue weighted by Gasteiger charge is -2.20. The van der Waals surface area contributed by atoms with Crippen molar-refractivity contribution < 1.29 is 17.7 Å². The molecule has 152 valence electrons. The van der Waals surface area contributed by atoms with E-state index in [2.05, 4.69) is 19.9 Å². The minimum absolute atomic E-state index is 0.126. The van der Waals surface area contributed by atoms with Crippen LogP contribution in [0.15, 0.2) is 35.2 Å². The van der Waals surface area contributed by atoms with Gasteiger partial charge in [-0.25, -0.2) is 0 Å². The van der Waals surface area contributed by atoms with Crippen molar-refractivity contribution in [1.82, 2.24) is 0 Å². The van der Waals surface area contributed by atoms with Crippen molar-refractivity contribution in [2.75, 3.05) is 0 Å². The third-order valence-electron chi connectivity index (χ3n) is 5.76. The quantitative estimate of drug-likeness (QED) is 0.623. The van der Waals surface area contributed by atoms with E-state index in [-0.39, 0.29) is 4.90 Å². The van der Waals surface area contributed by atoms with Crippen molar-refractivity contribution in [2.45, 2.75) is 76.5 Å². The van der Waals surface area contributed by atoms with Crippen LogP contribution in [0.1, 0.15) is 67.2 Å². The summed E-state index contributed by atoms with van der Waals surface area (Å²) in [5.74, 6) is 1.45. The smallest absolute Gasteiger partial charge is 0.294 e. The highest BCUT2D eigenvalue weighted by atomic mass is 32.2. The molecule has 4 nitrogen and oxygen atoms in total. The van der Waals surface area contributed by atoms with Gasteiger partial charge < -0.3 is 4.74 Å². The Morgan fingerprint density at radius 2 is 1.36 bits per heavy atom. The summed E-state index contributed by atoms with van der Waals surface area (Å²) in [6, 6.07) is 8.03. The molecule has 1 N–H and O–H groups in total. The fraction of sp³-hybridized carbons (Fsp3) is 0.478. The molecule has 0 fully saturated rings. The fourth-order valence-corrected chi connectivity index (χ4v) is 4.48. The molecule has 0 radical (unpaired) electrons. The average Bonchev–Trinajstić information content (AvgIpc) is 2.70. The van der Waals surface area contributed by atoms with Gasteiger partial charge in [0, 0.05) is 0 Å². The minimum atomic E-state index is -4.19. The maximum Gasteiger partial charge on any atom is 0.294 e. The number of ether oxygens (including phenoxy) is 1. The van der Waals surface area contributed by atoms with Crippen LogP contribution in [0.5, 0.6) is 11.5 Å². The van der Waals surface area contributed by atoms with Gasteiger partial charge in [-0.05, 0) is 92.1 Å². The van der Waals surface area contributed by atoms with Crippen molar-refractivity contribution in [3.8, 4) is 11.5 Å². The van der Waals surface area contributed by atoms with E-state index in [0.29, 0.717) is 5.75 Å². The third-order valence-corrected chi connectivity index (χ3v) is 6.62. The molecule has 0 atom stereocenters. The van der Waals surface area contributed by atoms with Crippen LogP contribution < -0.4 is 4.74 Å². The maximum atomic E-state index is 11.3. The number of hydrogen-bond donors (Lipinski definition) is 1. The van der Waals surface area contributed by atoms with Crippen LogP contribution in [0.2, 0.25) is 0 Å². The van der Waals surface area contributed by atoms with Crippen LogP contribution >= 0.6 is 0 Å². The van der Waals surface area contributed by atoms with Gasteiger partial charge in [0.2, 0.25) is 0 Å². The van der Waals surface area contributed by atoms with Crippen molar-refractivity contribution in [3.05, 3.63) is 52.6 Å². The summed E-state index contributed by atoms with van der Waals surface area (Å²) in [5.41, 5.74) is 5.30. The molecule has 0 saturated carbocycles. The molecule has 28 heavy (non-hydrogen) atoms. The summed E-state index contributed by atoms with van der Waals surface area (Å²) in [6.45, 7) is 4.33. The molecule has 0 bridgehead atoms. The van der Waals surface area contributed by atoms with Crippen LogP contribution in [0.4, 0.5) is 0 Å². The van der Waals surface area contributed by atoms with Crippen molar-refractivity contribution in [3.63, 3.8) is 0 Å². The van der Waals surface area contributed by atoms with Crippen molar-refractivity contribution in [1.29, 1.82) is 0 Å². The van der Waals surface area contributed by atoms with Gasteiger partial charge in [-0.2, -0.15) is 8.42 Å². The predicted octanol–water partition coefficient (Wildman–Crippen LogP) is 6.17. The van der Waals surface area contributed by atoms with E-state index in [1.54, 1.807) is 12.1 Å². The SMILES string of the molecule is Cc1cc(Oc2ccc(S(=O)(=O)O)cc2)c2c(c1C)CCCCCCCCC2. The molecular weight excluding hydrogens is 372 g/mol. The van der Waals surface area contributed by atoms with Crippen LogP contribution in [0.25, 0.3) is 0 Å². The van der Waals surface area contributed by atoms with Gasteiger partial charge in [0.1, 0.15) is 11.5 Å². The number of aryl methyl sites for hydroxylation is 1. The first-order chi connectivity index (χ1) is 13.4. The normalized spacial score (nSPS) is 16.1. The summed E-state index contributed by atoms with van der Waals surface area (Å²) in [7, 11) is -4.19. The van der Waals surface area contributed by atoms with Gasteiger partial charge in [0.25, 0.3) is 10.1 Å². The van der Waals surface area contributed by atoms with Crippen LogP contribution in [0, 0.1) is 13.8 Å².